The van der Waals surface area contributed by atoms with Gasteiger partial charge in [-0.05, 0) is 31.3 Å². The van der Waals surface area contributed by atoms with Gasteiger partial charge in [-0.1, -0.05) is 4.68 Å². The van der Waals surface area contributed by atoms with Crippen molar-refractivity contribution in [3.63, 3.8) is 0 Å². The molecule has 19 heavy (non-hydrogen) atoms. The van der Waals surface area contributed by atoms with Gasteiger partial charge >= 0.3 is 0 Å². The molecule has 0 unspecified atom stereocenters. The van der Waals surface area contributed by atoms with E-state index in [1.165, 1.54) is 23.5 Å². The van der Waals surface area contributed by atoms with Crippen LogP contribution in [0, 0.1) is 6.92 Å². The Bertz CT molecular complexity index is 612. The fourth-order valence-electron chi connectivity index (χ4n) is 1.72. The zero-order valence-electron chi connectivity index (χ0n) is 10.7. The third-order valence-corrected chi connectivity index (χ3v) is 3.51. The molecule has 2 aromatic rings. The molecule has 2 rings (SSSR count). The first kappa shape index (κ1) is 13.4. The predicted octanol–water partition coefficient (Wildman–Crippen LogP) is 2.05. The number of hydrogen-bond acceptors (Lipinski definition) is 5. The molecule has 100 valence electrons. The highest BCUT2D eigenvalue weighted by molar-refractivity contribution is 7.11. The second-order valence-corrected chi connectivity index (χ2v) is 5.22. The molecule has 6 heteroatoms. The smallest absolute Gasteiger partial charge is 0.289 e. The predicted molar refractivity (Wildman–Crippen MR) is 73.1 cm³/mol. The van der Waals surface area contributed by atoms with Gasteiger partial charge in [0.1, 0.15) is 17.2 Å². The van der Waals surface area contributed by atoms with Crippen molar-refractivity contribution < 1.29 is 20.0 Å². The largest absolute Gasteiger partial charge is 0.508 e. The number of rotatable bonds is 3. The SMILES string of the molecule is CC[n+]1nc(C)sc1C=Cc1c(O)cc(O)cc1O. The molecule has 0 spiro atoms. The van der Waals surface area contributed by atoms with Crippen LogP contribution in [0.4, 0.5) is 0 Å². The maximum Gasteiger partial charge on any atom is 0.289 e. The number of phenolic OH excluding ortho intramolecular Hbond substituents is 3. The Hall–Kier alpha value is -2.08. The van der Waals surface area contributed by atoms with Crippen LogP contribution in [0.25, 0.3) is 12.2 Å². The molecule has 0 atom stereocenters. The van der Waals surface area contributed by atoms with Crippen molar-refractivity contribution in [3.8, 4) is 17.2 Å². The topological polar surface area (TPSA) is 77.5 Å². The van der Waals surface area contributed by atoms with Crippen LogP contribution in [0.2, 0.25) is 0 Å². The van der Waals surface area contributed by atoms with Crippen LogP contribution < -0.4 is 4.68 Å². The average molecular weight is 279 g/mol. The summed E-state index contributed by atoms with van der Waals surface area (Å²) >= 11 is 1.53. The number of hydrogen-bond donors (Lipinski definition) is 3. The van der Waals surface area contributed by atoms with Crippen molar-refractivity contribution in [1.29, 1.82) is 0 Å². The third-order valence-electron chi connectivity index (χ3n) is 2.58. The summed E-state index contributed by atoms with van der Waals surface area (Å²) in [5.74, 6) is -0.513. The molecule has 5 nitrogen and oxygen atoms in total. The molecule has 1 aromatic heterocycles. The second-order valence-electron chi connectivity index (χ2n) is 4.01. The number of benzene rings is 1. The van der Waals surface area contributed by atoms with Crippen LogP contribution in [0.3, 0.4) is 0 Å². The summed E-state index contributed by atoms with van der Waals surface area (Å²) in [6.07, 6.45) is 3.38. The normalized spacial score (nSPS) is 11.3. The van der Waals surface area contributed by atoms with Crippen LogP contribution in [-0.4, -0.2) is 20.4 Å². The van der Waals surface area contributed by atoms with Gasteiger partial charge in [0.15, 0.2) is 11.6 Å². The maximum atomic E-state index is 9.69. The number of aryl methyl sites for hydroxylation is 2. The quantitative estimate of drug-likeness (QED) is 0.751. The van der Waals surface area contributed by atoms with E-state index in [0.29, 0.717) is 0 Å². The molecule has 3 N–H and O–H groups in total. The Kier molecular flexibility index (Phi) is 3.71. The van der Waals surface area contributed by atoms with Gasteiger partial charge in [-0.2, -0.15) is 0 Å². The van der Waals surface area contributed by atoms with Gasteiger partial charge in [0.2, 0.25) is 0 Å². The monoisotopic (exact) mass is 279 g/mol. The van der Waals surface area contributed by atoms with Gasteiger partial charge in [0.25, 0.3) is 5.01 Å². The van der Waals surface area contributed by atoms with Crippen molar-refractivity contribution in [2.24, 2.45) is 0 Å². The van der Waals surface area contributed by atoms with E-state index in [2.05, 4.69) is 5.10 Å². The Labute approximate surface area is 114 Å². The Morgan fingerprint density at radius 1 is 1.21 bits per heavy atom. The van der Waals surface area contributed by atoms with Crippen LogP contribution in [-0.2, 0) is 6.54 Å². The minimum Gasteiger partial charge on any atom is -0.508 e. The third kappa shape index (κ3) is 2.85. The van der Waals surface area contributed by atoms with E-state index in [0.717, 1.165) is 16.6 Å². The molecular weight excluding hydrogens is 264 g/mol. The molecule has 0 fully saturated rings. The first-order valence-corrected chi connectivity index (χ1v) is 6.63. The van der Waals surface area contributed by atoms with Crippen molar-refractivity contribution in [1.82, 2.24) is 5.10 Å². The summed E-state index contributed by atoms with van der Waals surface area (Å²) in [6, 6.07) is 2.37. The molecule has 0 saturated heterocycles. The van der Waals surface area contributed by atoms with Crippen LogP contribution >= 0.6 is 11.3 Å². The number of nitrogens with zero attached hydrogens (tertiary/aromatic N) is 2. The zero-order valence-corrected chi connectivity index (χ0v) is 11.5. The average Bonchev–Trinajstić information content (AvgIpc) is 2.68. The van der Waals surface area contributed by atoms with E-state index in [-0.39, 0.29) is 22.8 Å². The number of phenols is 3. The molecule has 0 aliphatic rings. The Balaban J connectivity index is 2.37. The summed E-state index contributed by atoms with van der Waals surface area (Å²) < 4.78 is 1.84. The molecule has 0 bridgehead atoms. The minimum absolute atomic E-state index is 0.168. The summed E-state index contributed by atoms with van der Waals surface area (Å²) in [6.45, 7) is 4.66. The fraction of sp³-hybridized carbons (Fsp3) is 0.231. The number of aromatic nitrogens is 2. The molecule has 1 heterocycles. The van der Waals surface area contributed by atoms with E-state index < -0.39 is 0 Å². The van der Waals surface area contributed by atoms with Crippen molar-refractivity contribution >= 4 is 23.5 Å². The van der Waals surface area contributed by atoms with Gasteiger partial charge in [0, 0.05) is 23.3 Å². The fourth-order valence-corrected chi connectivity index (χ4v) is 2.58. The van der Waals surface area contributed by atoms with Gasteiger partial charge < -0.3 is 15.3 Å². The second kappa shape index (κ2) is 5.27. The lowest BCUT2D eigenvalue weighted by atomic mass is 10.1. The highest BCUT2D eigenvalue weighted by Crippen LogP contribution is 2.33. The molecular formula is C13H15N2O3S+. The van der Waals surface area contributed by atoms with Gasteiger partial charge in [-0.25, -0.2) is 0 Å². The zero-order chi connectivity index (χ0) is 14.0. The molecule has 1 aromatic carbocycles. The number of aromatic hydroxyl groups is 3. The van der Waals surface area contributed by atoms with E-state index in [9.17, 15) is 15.3 Å². The Morgan fingerprint density at radius 2 is 1.84 bits per heavy atom. The molecule has 0 radical (unpaired) electrons. The van der Waals surface area contributed by atoms with Crippen LogP contribution in [0.15, 0.2) is 12.1 Å². The Morgan fingerprint density at radius 3 is 2.42 bits per heavy atom. The lowest BCUT2D eigenvalue weighted by molar-refractivity contribution is -0.747. The van der Waals surface area contributed by atoms with Crippen LogP contribution in [0.5, 0.6) is 17.2 Å². The van der Waals surface area contributed by atoms with E-state index in [1.807, 2.05) is 18.5 Å². The van der Waals surface area contributed by atoms with E-state index in [1.54, 1.807) is 12.2 Å². The van der Waals surface area contributed by atoms with Gasteiger partial charge in [-0.3, -0.25) is 0 Å². The van der Waals surface area contributed by atoms with Crippen molar-refractivity contribution in [2.45, 2.75) is 20.4 Å². The molecule has 0 aliphatic carbocycles. The summed E-state index contributed by atoms with van der Waals surface area (Å²) in [5.41, 5.74) is 0.270. The molecule has 0 aliphatic heterocycles. The van der Waals surface area contributed by atoms with Gasteiger partial charge in [-0.15, -0.1) is 0 Å². The summed E-state index contributed by atoms with van der Waals surface area (Å²) in [5, 5.41) is 34.8. The van der Waals surface area contributed by atoms with Crippen molar-refractivity contribution in [3.05, 3.63) is 27.7 Å². The highest BCUT2D eigenvalue weighted by Gasteiger charge is 2.14. The lowest BCUT2D eigenvalue weighted by Crippen LogP contribution is -2.36. The first-order valence-electron chi connectivity index (χ1n) is 5.82. The first-order chi connectivity index (χ1) is 9.01. The molecule has 0 saturated carbocycles. The van der Waals surface area contributed by atoms with Gasteiger partial charge in [0.05, 0.1) is 5.56 Å². The van der Waals surface area contributed by atoms with E-state index in [4.69, 9.17) is 0 Å². The summed E-state index contributed by atoms with van der Waals surface area (Å²) in [4.78, 5) is 0. The maximum absolute atomic E-state index is 9.69. The molecule has 0 amide bonds. The highest BCUT2D eigenvalue weighted by atomic mass is 32.1. The van der Waals surface area contributed by atoms with Crippen LogP contribution in [0.1, 0.15) is 22.5 Å². The lowest BCUT2D eigenvalue weighted by Gasteiger charge is -2.02. The van der Waals surface area contributed by atoms with Crippen molar-refractivity contribution in [2.75, 3.05) is 0 Å². The minimum atomic E-state index is -0.176. The summed E-state index contributed by atoms with van der Waals surface area (Å²) in [7, 11) is 0. The standard InChI is InChI=1S/C13H14N2O3S/c1-3-15-13(19-8(2)14-15)5-4-10-11(17)6-9(16)7-12(10)18/h4-7H,3H2,1-2H3,(H2,16,17,18)/p+1. The van der Waals surface area contributed by atoms with E-state index >= 15 is 0 Å².